The quantitative estimate of drug-likeness (QED) is 0.761. The molecule has 0 aliphatic heterocycles. The van der Waals surface area contributed by atoms with E-state index in [1.54, 1.807) is 0 Å². The molecule has 0 radical (unpaired) electrons. The average molecular weight is 214 g/mol. The molecule has 1 aromatic carbocycles. The van der Waals surface area contributed by atoms with Crippen LogP contribution in [0.1, 0.15) is 26.5 Å². The molecule has 0 N–H and O–H groups in total. The molecule has 0 spiro atoms. The summed E-state index contributed by atoms with van der Waals surface area (Å²) in [7, 11) is 0. The molecule has 0 saturated heterocycles. The monoisotopic (exact) mass is 214 g/mol. The lowest BCUT2D eigenvalue weighted by Crippen LogP contribution is -2.05. The highest BCUT2D eigenvalue weighted by molar-refractivity contribution is 5.89. The van der Waals surface area contributed by atoms with Gasteiger partial charge in [-0.1, -0.05) is 38.6 Å². The Morgan fingerprint density at radius 1 is 1.38 bits per heavy atom. The Balaban J connectivity index is 2.62. The molecule has 1 heterocycles. The number of hydrogen-bond donors (Lipinski definition) is 0. The number of aromatic nitrogens is 2. The van der Waals surface area contributed by atoms with Gasteiger partial charge in [-0.2, -0.15) is 5.10 Å². The summed E-state index contributed by atoms with van der Waals surface area (Å²) in [4.78, 5) is 0. The van der Waals surface area contributed by atoms with Crippen molar-refractivity contribution in [3.63, 3.8) is 0 Å². The third kappa shape index (κ3) is 1.87. The third-order valence-corrected chi connectivity index (χ3v) is 2.60. The van der Waals surface area contributed by atoms with Crippen LogP contribution >= 0.6 is 0 Å². The summed E-state index contributed by atoms with van der Waals surface area (Å²) in [6.45, 7) is 11.4. The Morgan fingerprint density at radius 2 is 2.06 bits per heavy atom. The van der Waals surface area contributed by atoms with Gasteiger partial charge >= 0.3 is 0 Å². The first-order valence-electron chi connectivity index (χ1n) is 5.71. The Hall–Kier alpha value is -1.57. The summed E-state index contributed by atoms with van der Waals surface area (Å²) in [6, 6.07) is 8.35. The van der Waals surface area contributed by atoms with Crippen molar-refractivity contribution in [2.24, 2.45) is 5.92 Å². The normalized spacial score (nSPS) is 11.2. The van der Waals surface area contributed by atoms with Crippen LogP contribution < -0.4 is 0 Å². The molecule has 0 saturated carbocycles. The van der Waals surface area contributed by atoms with E-state index in [-0.39, 0.29) is 0 Å². The van der Waals surface area contributed by atoms with E-state index < -0.39 is 0 Å². The van der Waals surface area contributed by atoms with Crippen LogP contribution in [0.5, 0.6) is 0 Å². The largest absolute Gasteiger partial charge is 0.264 e. The van der Waals surface area contributed by atoms with E-state index in [0.717, 1.165) is 17.8 Å². The first-order valence-corrected chi connectivity index (χ1v) is 5.71. The van der Waals surface area contributed by atoms with Crippen molar-refractivity contribution in [1.29, 1.82) is 0 Å². The Kier molecular flexibility index (Phi) is 2.82. The van der Waals surface area contributed by atoms with Crippen molar-refractivity contribution < 1.29 is 0 Å². The molecule has 0 amide bonds. The van der Waals surface area contributed by atoms with Gasteiger partial charge in [-0.3, -0.25) is 4.68 Å². The molecular formula is C14H18N2. The summed E-state index contributed by atoms with van der Waals surface area (Å²) >= 11 is 0. The summed E-state index contributed by atoms with van der Waals surface area (Å²) < 4.78 is 2.09. The van der Waals surface area contributed by atoms with Gasteiger partial charge in [0.25, 0.3) is 0 Å². The van der Waals surface area contributed by atoms with Gasteiger partial charge in [0, 0.05) is 11.9 Å². The summed E-state index contributed by atoms with van der Waals surface area (Å²) in [5.74, 6) is 0.598. The minimum absolute atomic E-state index is 0.598. The maximum absolute atomic E-state index is 4.65. The minimum Gasteiger partial charge on any atom is -0.264 e. The van der Waals surface area contributed by atoms with E-state index in [9.17, 15) is 0 Å². The van der Waals surface area contributed by atoms with Crippen LogP contribution in [-0.4, -0.2) is 9.78 Å². The molecule has 2 heteroatoms. The van der Waals surface area contributed by atoms with Crippen molar-refractivity contribution in [2.45, 2.75) is 27.3 Å². The zero-order valence-electron chi connectivity index (χ0n) is 10.2. The van der Waals surface area contributed by atoms with Gasteiger partial charge in [-0.25, -0.2) is 0 Å². The number of rotatable bonds is 3. The predicted molar refractivity (Wildman–Crippen MR) is 69.3 cm³/mol. The third-order valence-electron chi connectivity index (χ3n) is 2.60. The second kappa shape index (κ2) is 4.12. The zero-order valence-corrected chi connectivity index (χ0v) is 10.2. The van der Waals surface area contributed by atoms with E-state index in [4.69, 9.17) is 0 Å². The fraction of sp³-hybridized carbons (Fsp3) is 0.357. The number of nitrogens with zero attached hydrogens (tertiary/aromatic N) is 2. The lowest BCUT2D eigenvalue weighted by atomic mass is 10.1. The molecule has 0 unspecified atom stereocenters. The summed E-state index contributed by atoms with van der Waals surface area (Å²) in [5.41, 5.74) is 3.25. The van der Waals surface area contributed by atoms with Gasteiger partial charge in [0.2, 0.25) is 0 Å². The first-order chi connectivity index (χ1) is 7.59. The number of allylic oxidation sites excluding steroid dienone is 1. The van der Waals surface area contributed by atoms with Gasteiger partial charge in [-0.15, -0.1) is 0 Å². The van der Waals surface area contributed by atoms with E-state index in [0.29, 0.717) is 5.92 Å². The van der Waals surface area contributed by atoms with E-state index in [2.05, 4.69) is 54.5 Å². The maximum atomic E-state index is 4.65. The zero-order chi connectivity index (χ0) is 11.7. The van der Waals surface area contributed by atoms with E-state index in [1.165, 1.54) is 10.9 Å². The Morgan fingerprint density at radius 3 is 2.69 bits per heavy atom. The van der Waals surface area contributed by atoms with Crippen molar-refractivity contribution in [3.05, 3.63) is 36.5 Å². The molecule has 0 fully saturated rings. The van der Waals surface area contributed by atoms with Crippen molar-refractivity contribution >= 4 is 16.5 Å². The highest BCUT2D eigenvalue weighted by Crippen LogP contribution is 2.23. The topological polar surface area (TPSA) is 17.8 Å². The Labute approximate surface area is 96.6 Å². The van der Waals surface area contributed by atoms with Gasteiger partial charge < -0.3 is 0 Å². The lowest BCUT2D eigenvalue weighted by Gasteiger charge is -2.05. The molecule has 84 valence electrons. The van der Waals surface area contributed by atoms with Crippen LogP contribution in [0, 0.1) is 5.92 Å². The molecule has 0 aliphatic rings. The maximum Gasteiger partial charge on any atom is 0.0952 e. The smallest absolute Gasteiger partial charge is 0.0952 e. The Bertz CT molecular complexity index is 521. The number of benzene rings is 1. The van der Waals surface area contributed by atoms with Gasteiger partial charge in [-0.05, 0) is 24.5 Å². The molecule has 16 heavy (non-hydrogen) atoms. The standard InChI is InChI=1S/C14H18N2/c1-10(2)9-16-13-8-6-5-7-12(13)14(15-16)11(3)4/h5-8,10H,3,9H2,1-2,4H3. The van der Waals surface area contributed by atoms with Crippen molar-refractivity contribution in [3.8, 4) is 0 Å². The second-order valence-corrected chi connectivity index (χ2v) is 4.72. The lowest BCUT2D eigenvalue weighted by molar-refractivity contribution is 0.494. The van der Waals surface area contributed by atoms with Crippen LogP contribution in [0.15, 0.2) is 30.8 Å². The van der Waals surface area contributed by atoms with Crippen molar-refractivity contribution in [1.82, 2.24) is 9.78 Å². The molecule has 1 aromatic heterocycles. The number of fused-ring (bicyclic) bond motifs is 1. The molecule has 0 atom stereocenters. The van der Waals surface area contributed by atoms with Gasteiger partial charge in [0.05, 0.1) is 11.2 Å². The first kappa shape index (κ1) is 10.9. The summed E-state index contributed by atoms with van der Waals surface area (Å²) in [6.07, 6.45) is 0. The fourth-order valence-electron chi connectivity index (χ4n) is 1.93. The fourth-order valence-corrected chi connectivity index (χ4v) is 1.93. The van der Waals surface area contributed by atoms with Crippen LogP contribution in [0.4, 0.5) is 0 Å². The molecule has 2 rings (SSSR count). The van der Waals surface area contributed by atoms with Crippen LogP contribution in [-0.2, 0) is 6.54 Å². The highest BCUT2D eigenvalue weighted by atomic mass is 15.3. The second-order valence-electron chi connectivity index (χ2n) is 4.72. The number of para-hydroxylation sites is 1. The SMILES string of the molecule is C=C(C)c1nn(CC(C)C)c2ccccc12. The van der Waals surface area contributed by atoms with E-state index in [1.807, 2.05) is 6.92 Å². The highest BCUT2D eigenvalue weighted by Gasteiger charge is 2.10. The molecule has 2 nitrogen and oxygen atoms in total. The van der Waals surface area contributed by atoms with Crippen molar-refractivity contribution in [2.75, 3.05) is 0 Å². The van der Waals surface area contributed by atoms with Crippen LogP contribution in [0.2, 0.25) is 0 Å². The minimum atomic E-state index is 0.598. The van der Waals surface area contributed by atoms with Gasteiger partial charge in [0.15, 0.2) is 0 Å². The molecule has 2 aromatic rings. The van der Waals surface area contributed by atoms with Crippen LogP contribution in [0.3, 0.4) is 0 Å². The molecule has 0 aliphatic carbocycles. The van der Waals surface area contributed by atoms with Crippen LogP contribution in [0.25, 0.3) is 16.5 Å². The average Bonchev–Trinajstić information content (AvgIpc) is 2.57. The predicted octanol–water partition coefficient (Wildman–Crippen LogP) is 3.73. The van der Waals surface area contributed by atoms with Gasteiger partial charge in [0.1, 0.15) is 0 Å². The number of hydrogen-bond acceptors (Lipinski definition) is 1. The molecular weight excluding hydrogens is 196 g/mol. The molecule has 0 bridgehead atoms. The van der Waals surface area contributed by atoms with E-state index >= 15 is 0 Å². The summed E-state index contributed by atoms with van der Waals surface area (Å²) in [5, 5.41) is 5.85.